The minimum atomic E-state index is -0.342. The van der Waals surface area contributed by atoms with Gasteiger partial charge in [0.15, 0.2) is 0 Å². The number of carbonyl (C=O) groups excluding carboxylic acids is 1. The van der Waals surface area contributed by atoms with Crippen LogP contribution in [0.5, 0.6) is 0 Å². The van der Waals surface area contributed by atoms with Crippen molar-refractivity contribution in [1.29, 1.82) is 0 Å². The predicted octanol–water partition coefficient (Wildman–Crippen LogP) is -0.230. The Morgan fingerprint density at radius 2 is 2.38 bits per heavy atom. The number of hydrogen-bond acceptors (Lipinski definition) is 4. The van der Waals surface area contributed by atoms with Gasteiger partial charge in [0.25, 0.3) is 0 Å². The maximum Gasteiger partial charge on any atom is 0.249 e. The van der Waals surface area contributed by atoms with Gasteiger partial charge in [0.2, 0.25) is 5.91 Å². The van der Waals surface area contributed by atoms with Crippen molar-refractivity contribution in [3.05, 3.63) is 0 Å². The zero-order valence-corrected chi connectivity index (χ0v) is 9.82. The first kappa shape index (κ1) is 13.4. The summed E-state index contributed by atoms with van der Waals surface area (Å²) in [4.78, 5) is 11.7. The largest absolute Gasteiger partial charge is 0.396 e. The Balaban J connectivity index is 2.24. The Bertz CT molecular complexity index is 223. The van der Waals surface area contributed by atoms with Crippen LogP contribution in [0.1, 0.15) is 32.6 Å². The van der Waals surface area contributed by atoms with E-state index in [0.29, 0.717) is 13.0 Å². The second-order valence-corrected chi connectivity index (χ2v) is 4.34. The van der Waals surface area contributed by atoms with Crippen LogP contribution in [0.25, 0.3) is 0 Å². The van der Waals surface area contributed by atoms with Gasteiger partial charge in [0.1, 0.15) is 6.10 Å². The number of ether oxygens (including phenoxy) is 1. The molecule has 0 bridgehead atoms. The van der Waals surface area contributed by atoms with E-state index in [1.54, 1.807) is 0 Å². The molecule has 1 saturated heterocycles. The van der Waals surface area contributed by atoms with E-state index in [9.17, 15) is 4.79 Å². The van der Waals surface area contributed by atoms with Gasteiger partial charge in [-0.3, -0.25) is 4.79 Å². The standard InChI is InChI=1S/C11H22N2O3/c1-8(3-2-6-14)13-11(15)10-5-4-9(7-12)16-10/h8-10,14H,2-7,12H2,1H3,(H,13,15). The molecule has 0 radical (unpaired) electrons. The van der Waals surface area contributed by atoms with Gasteiger partial charge in [0, 0.05) is 19.2 Å². The van der Waals surface area contributed by atoms with E-state index in [4.69, 9.17) is 15.6 Å². The molecule has 3 atom stereocenters. The molecule has 0 spiro atoms. The lowest BCUT2D eigenvalue weighted by atomic mass is 10.1. The van der Waals surface area contributed by atoms with E-state index >= 15 is 0 Å². The molecule has 4 N–H and O–H groups in total. The lowest BCUT2D eigenvalue weighted by Gasteiger charge is -2.17. The normalized spacial score (nSPS) is 26.7. The van der Waals surface area contributed by atoms with Crippen molar-refractivity contribution < 1.29 is 14.6 Å². The van der Waals surface area contributed by atoms with Crippen molar-refractivity contribution in [2.45, 2.75) is 50.9 Å². The van der Waals surface area contributed by atoms with Crippen LogP contribution in [0.2, 0.25) is 0 Å². The lowest BCUT2D eigenvalue weighted by molar-refractivity contribution is -0.132. The van der Waals surface area contributed by atoms with E-state index in [1.807, 2.05) is 6.92 Å². The average molecular weight is 230 g/mol. The number of rotatable bonds is 6. The van der Waals surface area contributed by atoms with Crippen molar-refractivity contribution in [1.82, 2.24) is 5.32 Å². The molecule has 5 nitrogen and oxygen atoms in total. The first-order valence-electron chi connectivity index (χ1n) is 5.94. The average Bonchev–Trinajstić information content (AvgIpc) is 2.74. The number of carbonyl (C=O) groups is 1. The molecule has 1 aliphatic heterocycles. The van der Waals surface area contributed by atoms with Gasteiger partial charge in [-0.25, -0.2) is 0 Å². The first-order chi connectivity index (χ1) is 7.67. The maximum atomic E-state index is 11.7. The molecule has 1 aliphatic rings. The Labute approximate surface area is 96.3 Å². The maximum absolute atomic E-state index is 11.7. The summed E-state index contributed by atoms with van der Waals surface area (Å²) in [6, 6.07) is 0.0835. The van der Waals surface area contributed by atoms with Gasteiger partial charge in [-0.2, -0.15) is 0 Å². The highest BCUT2D eigenvalue weighted by Gasteiger charge is 2.30. The van der Waals surface area contributed by atoms with Crippen LogP contribution < -0.4 is 11.1 Å². The topological polar surface area (TPSA) is 84.6 Å². The van der Waals surface area contributed by atoms with Crippen LogP contribution in [0, 0.1) is 0 Å². The predicted molar refractivity (Wildman–Crippen MR) is 60.9 cm³/mol. The van der Waals surface area contributed by atoms with E-state index in [-0.39, 0.29) is 30.8 Å². The summed E-state index contributed by atoms with van der Waals surface area (Å²) < 4.78 is 5.49. The highest BCUT2D eigenvalue weighted by Crippen LogP contribution is 2.19. The van der Waals surface area contributed by atoms with Gasteiger partial charge in [-0.1, -0.05) is 0 Å². The van der Waals surface area contributed by atoms with Gasteiger partial charge in [-0.05, 0) is 32.6 Å². The number of amides is 1. The fourth-order valence-electron chi connectivity index (χ4n) is 1.88. The van der Waals surface area contributed by atoms with Gasteiger partial charge in [0.05, 0.1) is 6.10 Å². The minimum absolute atomic E-state index is 0.0310. The van der Waals surface area contributed by atoms with Gasteiger partial charge >= 0.3 is 0 Å². The van der Waals surface area contributed by atoms with Crippen molar-refractivity contribution in [2.75, 3.05) is 13.2 Å². The number of aliphatic hydroxyl groups excluding tert-OH is 1. The van der Waals surface area contributed by atoms with Crippen molar-refractivity contribution >= 4 is 5.91 Å². The summed E-state index contributed by atoms with van der Waals surface area (Å²) in [5, 5.41) is 11.6. The van der Waals surface area contributed by atoms with Gasteiger partial charge < -0.3 is 20.9 Å². The third-order valence-electron chi connectivity index (χ3n) is 2.85. The molecule has 1 rings (SSSR count). The molecule has 3 unspecified atom stereocenters. The third-order valence-corrected chi connectivity index (χ3v) is 2.85. The molecule has 5 heteroatoms. The Morgan fingerprint density at radius 1 is 1.62 bits per heavy atom. The second kappa shape index (κ2) is 6.83. The fourth-order valence-corrected chi connectivity index (χ4v) is 1.88. The Morgan fingerprint density at radius 3 is 2.94 bits per heavy atom. The van der Waals surface area contributed by atoms with Crippen LogP contribution in [0.4, 0.5) is 0 Å². The van der Waals surface area contributed by atoms with Gasteiger partial charge in [-0.15, -0.1) is 0 Å². The number of aliphatic hydroxyl groups is 1. The van der Waals surface area contributed by atoms with Crippen LogP contribution in [0.15, 0.2) is 0 Å². The zero-order chi connectivity index (χ0) is 12.0. The molecular weight excluding hydrogens is 208 g/mol. The molecule has 1 fully saturated rings. The molecule has 0 aromatic rings. The molecule has 1 amide bonds. The molecule has 0 aromatic heterocycles. The summed E-state index contributed by atoms with van der Waals surface area (Å²) in [7, 11) is 0. The van der Waals surface area contributed by atoms with E-state index in [1.165, 1.54) is 0 Å². The van der Waals surface area contributed by atoms with E-state index < -0.39 is 0 Å². The van der Waals surface area contributed by atoms with Crippen molar-refractivity contribution in [3.8, 4) is 0 Å². The molecular formula is C11H22N2O3. The molecule has 0 aromatic carbocycles. The Hall–Kier alpha value is -0.650. The summed E-state index contributed by atoms with van der Waals surface area (Å²) in [5.41, 5.74) is 5.48. The van der Waals surface area contributed by atoms with Crippen molar-refractivity contribution in [2.24, 2.45) is 5.73 Å². The molecule has 0 aliphatic carbocycles. The van der Waals surface area contributed by atoms with E-state index in [2.05, 4.69) is 5.32 Å². The Kier molecular flexibility index (Phi) is 5.73. The van der Waals surface area contributed by atoms with E-state index in [0.717, 1.165) is 19.3 Å². The number of nitrogens with two attached hydrogens (primary N) is 1. The fraction of sp³-hybridized carbons (Fsp3) is 0.909. The first-order valence-corrected chi connectivity index (χ1v) is 5.94. The monoisotopic (exact) mass is 230 g/mol. The molecule has 94 valence electrons. The SMILES string of the molecule is CC(CCCO)NC(=O)C1CCC(CN)O1. The highest BCUT2D eigenvalue weighted by atomic mass is 16.5. The minimum Gasteiger partial charge on any atom is -0.396 e. The molecule has 0 saturated carbocycles. The van der Waals surface area contributed by atoms with Crippen LogP contribution in [-0.4, -0.2) is 42.4 Å². The number of nitrogens with one attached hydrogen (secondary N) is 1. The van der Waals surface area contributed by atoms with Crippen molar-refractivity contribution in [3.63, 3.8) is 0 Å². The lowest BCUT2D eigenvalue weighted by Crippen LogP contribution is -2.40. The van der Waals surface area contributed by atoms with Crippen LogP contribution >= 0.6 is 0 Å². The molecule has 16 heavy (non-hydrogen) atoms. The summed E-state index contributed by atoms with van der Waals surface area (Å²) in [6.07, 6.45) is 2.79. The molecule has 1 heterocycles. The van der Waals surface area contributed by atoms with Crippen LogP contribution in [-0.2, 0) is 9.53 Å². The zero-order valence-electron chi connectivity index (χ0n) is 9.82. The smallest absolute Gasteiger partial charge is 0.249 e. The summed E-state index contributed by atoms with van der Waals surface area (Å²) in [6.45, 7) is 2.57. The quantitative estimate of drug-likeness (QED) is 0.588. The number of hydrogen-bond donors (Lipinski definition) is 3. The highest BCUT2D eigenvalue weighted by molar-refractivity contribution is 5.81. The summed E-state index contributed by atoms with van der Waals surface area (Å²) >= 11 is 0. The third kappa shape index (κ3) is 4.08. The second-order valence-electron chi connectivity index (χ2n) is 4.34. The summed E-state index contributed by atoms with van der Waals surface area (Å²) in [5.74, 6) is -0.0543. The van der Waals surface area contributed by atoms with Crippen LogP contribution in [0.3, 0.4) is 0 Å².